The molecule has 0 unspecified atom stereocenters. The Hall–Kier alpha value is -7.78. The van der Waals surface area contributed by atoms with E-state index in [0.717, 1.165) is 11.1 Å². The molecule has 14 nitrogen and oxygen atoms in total. The molecule has 0 aliphatic heterocycles. The second-order valence-electron chi connectivity index (χ2n) is 14.9. The number of rotatable bonds is 12. The van der Waals surface area contributed by atoms with Crippen LogP contribution in [0.3, 0.4) is 0 Å². The van der Waals surface area contributed by atoms with Crippen molar-refractivity contribution in [3.63, 3.8) is 0 Å². The molecule has 324 valence electrons. The second-order valence-corrected chi connectivity index (χ2v) is 15.8. The predicted molar refractivity (Wildman–Crippen MR) is 238 cm³/mol. The maximum atomic E-state index is 13.0. The number of hydrogen-bond donors (Lipinski definition) is 3. The maximum absolute atomic E-state index is 13.0. The molecule has 0 aliphatic rings. The lowest BCUT2D eigenvalue weighted by Gasteiger charge is -2.20. The van der Waals surface area contributed by atoms with Crippen LogP contribution in [0.2, 0.25) is 10.0 Å². The molecule has 6 rings (SSSR count). The number of ether oxygens (including phenoxy) is 3. The van der Waals surface area contributed by atoms with Crippen molar-refractivity contribution in [1.82, 2.24) is 20.6 Å². The first kappa shape index (κ1) is 47.3. The molecule has 0 bridgehead atoms. The molecule has 0 aliphatic carbocycles. The quantitative estimate of drug-likeness (QED) is 0.0979. The highest BCUT2D eigenvalue weighted by atomic mass is 35.5. The van der Waals surface area contributed by atoms with Crippen LogP contribution in [0.15, 0.2) is 122 Å². The van der Waals surface area contributed by atoms with Crippen LogP contribution in [-0.2, 0) is 4.74 Å². The second kappa shape index (κ2) is 21.3. The van der Waals surface area contributed by atoms with E-state index < -0.39 is 35.4 Å². The number of halogens is 2. The summed E-state index contributed by atoms with van der Waals surface area (Å²) < 4.78 is 16.8. The Morgan fingerprint density at radius 3 is 1.42 bits per heavy atom. The fourth-order valence-electron chi connectivity index (χ4n) is 5.70. The fourth-order valence-corrected chi connectivity index (χ4v) is 6.01. The molecule has 0 saturated carbocycles. The Kier molecular flexibility index (Phi) is 15.8. The van der Waals surface area contributed by atoms with E-state index in [1.807, 2.05) is 19.1 Å². The molecule has 4 aromatic carbocycles. The van der Waals surface area contributed by atoms with E-state index in [2.05, 4.69) is 20.6 Å². The zero-order valence-corrected chi connectivity index (χ0v) is 36.6. The van der Waals surface area contributed by atoms with Crippen molar-refractivity contribution in [2.24, 2.45) is 0 Å². The molecule has 2 heterocycles. The summed E-state index contributed by atoms with van der Waals surface area (Å²) in [7, 11) is 0. The average molecular weight is 900 g/mol. The SMILES string of the molecule is C[C@H](NC(=O)c1cc(Cl)cnc1Oc1cccc(C#N)c1)c1ccc(C(=O)O)cc1.C[C@H](NC(=O)c1cc(Cl)cnc1Oc1cccc(C#N)c1)c1ccc(C(=O)OC(C)(C)C)cc1. The van der Waals surface area contributed by atoms with Crippen LogP contribution in [0.25, 0.3) is 0 Å². The third kappa shape index (κ3) is 13.4. The van der Waals surface area contributed by atoms with Crippen LogP contribution in [0.4, 0.5) is 0 Å². The Labute approximate surface area is 379 Å². The number of carboxylic acids is 1. The molecule has 0 radical (unpaired) electrons. The lowest BCUT2D eigenvalue weighted by molar-refractivity contribution is 0.00689. The van der Waals surface area contributed by atoms with Crippen molar-refractivity contribution >= 4 is 47.0 Å². The number of aromatic nitrogens is 2. The summed E-state index contributed by atoms with van der Waals surface area (Å²) in [6.07, 6.45) is 2.73. The van der Waals surface area contributed by atoms with Crippen molar-refractivity contribution in [1.29, 1.82) is 10.5 Å². The first-order valence-corrected chi connectivity index (χ1v) is 20.1. The predicted octanol–water partition coefficient (Wildman–Crippen LogP) is 10.4. The van der Waals surface area contributed by atoms with Gasteiger partial charge in [0, 0.05) is 12.4 Å². The van der Waals surface area contributed by atoms with Gasteiger partial charge in [-0.05, 0) is 119 Å². The van der Waals surface area contributed by atoms with Gasteiger partial charge in [-0.3, -0.25) is 9.59 Å². The normalized spacial score (nSPS) is 11.5. The standard InChI is InChI=1S/C26H24ClN3O4.C22H16ClN3O4/c1-16(18-8-10-19(11-9-18)25(32)34-26(2,3)4)30-23(31)22-13-20(27)15-29-24(22)33-21-7-5-6-17(12-21)14-28;1-13(15-5-7-16(8-6-15)22(28)29)26-20(27)19-10-17(23)12-25-21(19)30-18-4-2-3-14(9-18)11-24/h5-13,15-16H,1-4H3,(H,30,31);2-10,12-13H,1H3,(H,26,27)(H,28,29)/t16-;13-/m00/s1. The molecular weight excluding hydrogens is 859 g/mol. The lowest BCUT2D eigenvalue weighted by atomic mass is 10.1. The van der Waals surface area contributed by atoms with Crippen molar-refractivity contribution in [2.45, 2.75) is 52.3 Å². The number of nitrogens with zero attached hydrogens (tertiary/aromatic N) is 4. The number of carboxylic acid groups (broad SMARTS) is 1. The number of pyridine rings is 2. The van der Waals surface area contributed by atoms with Crippen LogP contribution in [0.5, 0.6) is 23.3 Å². The van der Waals surface area contributed by atoms with Crippen molar-refractivity contribution in [2.75, 3.05) is 0 Å². The Bertz CT molecular complexity index is 2760. The summed E-state index contributed by atoms with van der Waals surface area (Å²) in [4.78, 5) is 57.3. The van der Waals surface area contributed by atoms with Crippen LogP contribution in [0.1, 0.15) is 110 Å². The zero-order valence-electron chi connectivity index (χ0n) is 35.1. The number of nitrogens with one attached hydrogen (secondary N) is 2. The summed E-state index contributed by atoms with van der Waals surface area (Å²) in [5, 5.41) is 33.4. The minimum Gasteiger partial charge on any atom is -0.478 e. The molecule has 2 atom stereocenters. The highest BCUT2D eigenvalue weighted by Gasteiger charge is 2.22. The van der Waals surface area contributed by atoms with Crippen LogP contribution in [0, 0.1) is 22.7 Å². The smallest absolute Gasteiger partial charge is 0.338 e. The summed E-state index contributed by atoms with van der Waals surface area (Å²) in [6, 6.07) is 32.2. The van der Waals surface area contributed by atoms with E-state index in [1.54, 1.807) is 107 Å². The minimum absolute atomic E-state index is 0.0421. The van der Waals surface area contributed by atoms with Gasteiger partial charge in [0.15, 0.2) is 0 Å². The largest absolute Gasteiger partial charge is 0.478 e. The maximum Gasteiger partial charge on any atom is 0.338 e. The topological polar surface area (TPSA) is 214 Å². The van der Waals surface area contributed by atoms with E-state index >= 15 is 0 Å². The van der Waals surface area contributed by atoms with Crippen LogP contribution >= 0.6 is 23.2 Å². The van der Waals surface area contributed by atoms with Gasteiger partial charge in [-0.15, -0.1) is 0 Å². The summed E-state index contributed by atoms with van der Waals surface area (Å²) in [5.41, 5.74) is 2.61. The number of nitriles is 2. The van der Waals surface area contributed by atoms with Gasteiger partial charge in [-0.2, -0.15) is 10.5 Å². The van der Waals surface area contributed by atoms with Gasteiger partial charge < -0.3 is 30.0 Å². The third-order valence-corrected chi connectivity index (χ3v) is 9.29. The lowest BCUT2D eigenvalue weighted by Crippen LogP contribution is -2.27. The highest BCUT2D eigenvalue weighted by Crippen LogP contribution is 2.29. The van der Waals surface area contributed by atoms with Gasteiger partial charge in [0.25, 0.3) is 11.8 Å². The van der Waals surface area contributed by atoms with Crippen LogP contribution in [-0.4, -0.2) is 44.4 Å². The molecule has 16 heteroatoms. The Balaban J connectivity index is 0.000000243. The zero-order chi connectivity index (χ0) is 46.6. The van der Waals surface area contributed by atoms with Gasteiger partial charge in [-0.1, -0.05) is 59.6 Å². The number of carbonyl (C=O) groups is 4. The van der Waals surface area contributed by atoms with E-state index in [1.165, 1.54) is 42.7 Å². The first-order valence-electron chi connectivity index (χ1n) is 19.4. The highest BCUT2D eigenvalue weighted by molar-refractivity contribution is 6.31. The molecule has 2 aromatic heterocycles. The minimum atomic E-state index is -1.02. The Morgan fingerprint density at radius 1 is 0.641 bits per heavy atom. The van der Waals surface area contributed by atoms with Gasteiger partial charge in [-0.25, -0.2) is 19.6 Å². The van der Waals surface area contributed by atoms with Crippen molar-refractivity contribution < 1.29 is 38.5 Å². The molecule has 64 heavy (non-hydrogen) atoms. The molecule has 0 fully saturated rings. The molecule has 0 spiro atoms. The molecular formula is C48H40Cl2N6O8. The average Bonchev–Trinajstić information content (AvgIpc) is 3.27. The number of esters is 1. The van der Waals surface area contributed by atoms with E-state index in [-0.39, 0.29) is 44.5 Å². The van der Waals surface area contributed by atoms with Gasteiger partial charge >= 0.3 is 11.9 Å². The summed E-state index contributed by atoms with van der Waals surface area (Å²) in [6.45, 7) is 9.00. The van der Waals surface area contributed by atoms with E-state index in [4.69, 9.17) is 53.0 Å². The molecule has 3 N–H and O–H groups in total. The number of carbonyl (C=O) groups excluding carboxylic acids is 3. The number of aromatic carboxylic acids is 1. The monoisotopic (exact) mass is 898 g/mol. The van der Waals surface area contributed by atoms with E-state index in [0.29, 0.717) is 28.2 Å². The van der Waals surface area contributed by atoms with Crippen molar-refractivity contribution in [3.05, 3.63) is 176 Å². The van der Waals surface area contributed by atoms with Gasteiger partial charge in [0.2, 0.25) is 11.8 Å². The Morgan fingerprint density at radius 2 is 1.05 bits per heavy atom. The first-order chi connectivity index (χ1) is 30.4. The number of hydrogen-bond acceptors (Lipinski definition) is 11. The number of benzene rings is 4. The third-order valence-electron chi connectivity index (χ3n) is 8.88. The fraction of sp³-hybridized carbons (Fsp3) is 0.167. The van der Waals surface area contributed by atoms with Crippen LogP contribution < -0.4 is 20.1 Å². The molecule has 0 saturated heterocycles. The van der Waals surface area contributed by atoms with E-state index in [9.17, 15) is 19.2 Å². The molecule has 6 aromatic rings. The molecule has 2 amide bonds. The van der Waals surface area contributed by atoms with Gasteiger partial charge in [0.05, 0.1) is 56.5 Å². The number of amides is 2. The van der Waals surface area contributed by atoms with Crippen molar-refractivity contribution in [3.8, 4) is 35.4 Å². The summed E-state index contributed by atoms with van der Waals surface area (Å²) in [5.74, 6) is -1.52. The summed E-state index contributed by atoms with van der Waals surface area (Å²) >= 11 is 12.1. The van der Waals surface area contributed by atoms with Gasteiger partial charge in [0.1, 0.15) is 28.2 Å².